The highest BCUT2D eigenvalue weighted by Crippen LogP contribution is 2.25. The molecule has 0 fully saturated rings. The number of aromatic nitrogens is 3. The van der Waals surface area contributed by atoms with Crippen LogP contribution in [0.1, 0.15) is 6.42 Å². The van der Waals surface area contributed by atoms with Crippen molar-refractivity contribution >= 4 is 22.5 Å². The van der Waals surface area contributed by atoms with Gasteiger partial charge in [-0.2, -0.15) is 0 Å². The molecule has 6 heteroatoms. The third-order valence-electron chi connectivity index (χ3n) is 4.07. The fourth-order valence-corrected chi connectivity index (χ4v) is 2.82. The standard InChI is InChI=1S/C19H16F2N4/c20-9-3-10-22-17-12-13(6-7-14(17)21)15-8-11-25-18-5-2-1-4-16(18)24-19(25)23-15/h1-2,4-8,11-12,22H,3,9-10H2. The van der Waals surface area contributed by atoms with E-state index in [1.54, 1.807) is 12.1 Å². The first kappa shape index (κ1) is 15.5. The zero-order valence-corrected chi connectivity index (χ0v) is 13.4. The summed E-state index contributed by atoms with van der Waals surface area (Å²) in [5, 5.41) is 2.92. The number of benzene rings is 2. The number of nitrogens with one attached hydrogen (secondary N) is 1. The molecular formula is C19H16F2N4. The molecule has 0 amide bonds. The summed E-state index contributed by atoms with van der Waals surface area (Å²) < 4.78 is 28.1. The molecular weight excluding hydrogens is 322 g/mol. The number of halogens is 2. The van der Waals surface area contributed by atoms with Gasteiger partial charge in [-0.05, 0) is 42.8 Å². The van der Waals surface area contributed by atoms with Crippen molar-refractivity contribution in [3.05, 3.63) is 60.5 Å². The molecule has 4 rings (SSSR count). The van der Waals surface area contributed by atoms with Crippen LogP contribution in [0.4, 0.5) is 14.5 Å². The minimum Gasteiger partial charge on any atom is -0.383 e. The van der Waals surface area contributed by atoms with Crippen LogP contribution in [0.15, 0.2) is 54.7 Å². The van der Waals surface area contributed by atoms with Gasteiger partial charge in [-0.15, -0.1) is 0 Å². The van der Waals surface area contributed by atoms with Crippen LogP contribution in [-0.2, 0) is 0 Å². The normalized spacial score (nSPS) is 11.3. The Morgan fingerprint density at radius 3 is 2.80 bits per heavy atom. The van der Waals surface area contributed by atoms with E-state index in [1.807, 2.05) is 40.9 Å². The second kappa shape index (κ2) is 6.47. The second-order valence-corrected chi connectivity index (χ2v) is 5.75. The Morgan fingerprint density at radius 1 is 1.04 bits per heavy atom. The van der Waals surface area contributed by atoms with Crippen molar-refractivity contribution in [1.29, 1.82) is 0 Å². The van der Waals surface area contributed by atoms with Crippen LogP contribution in [0.2, 0.25) is 0 Å². The van der Waals surface area contributed by atoms with E-state index < -0.39 is 6.67 Å². The number of imidazole rings is 1. The molecule has 0 saturated carbocycles. The molecule has 4 aromatic rings. The first-order chi connectivity index (χ1) is 12.3. The summed E-state index contributed by atoms with van der Waals surface area (Å²) in [6.07, 6.45) is 2.25. The zero-order chi connectivity index (χ0) is 17.2. The smallest absolute Gasteiger partial charge is 0.235 e. The molecule has 0 radical (unpaired) electrons. The molecule has 0 unspecified atom stereocenters. The SMILES string of the molecule is FCCCNc1cc(-c2ccn3c(n2)nc2ccccc23)ccc1F. The van der Waals surface area contributed by atoms with Crippen LogP contribution in [0.3, 0.4) is 0 Å². The molecule has 1 N–H and O–H groups in total. The second-order valence-electron chi connectivity index (χ2n) is 5.75. The fourth-order valence-electron chi connectivity index (χ4n) is 2.82. The monoisotopic (exact) mass is 338 g/mol. The van der Waals surface area contributed by atoms with Crippen molar-refractivity contribution in [2.75, 3.05) is 18.5 Å². The third kappa shape index (κ3) is 2.91. The first-order valence-corrected chi connectivity index (χ1v) is 8.10. The van der Waals surface area contributed by atoms with Gasteiger partial charge in [0.1, 0.15) is 5.82 Å². The van der Waals surface area contributed by atoms with E-state index in [2.05, 4.69) is 15.3 Å². The van der Waals surface area contributed by atoms with Crippen LogP contribution in [0, 0.1) is 5.82 Å². The molecule has 2 heterocycles. The van der Waals surface area contributed by atoms with Crippen molar-refractivity contribution in [2.24, 2.45) is 0 Å². The van der Waals surface area contributed by atoms with Gasteiger partial charge in [-0.3, -0.25) is 8.79 Å². The lowest BCUT2D eigenvalue weighted by Crippen LogP contribution is -2.04. The summed E-state index contributed by atoms with van der Waals surface area (Å²) in [5.41, 5.74) is 3.69. The Bertz CT molecular complexity index is 1040. The van der Waals surface area contributed by atoms with Gasteiger partial charge in [-0.25, -0.2) is 14.4 Å². The van der Waals surface area contributed by atoms with Crippen LogP contribution in [-0.4, -0.2) is 27.6 Å². The maximum Gasteiger partial charge on any atom is 0.235 e. The van der Waals surface area contributed by atoms with Gasteiger partial charge < -0.3 is 5.32 Å². The summed E-state index contributed by atoms with van der Waals surface area (Å²) in [6, 6.07) is 14.5. The Balaban J connectivity index is 1.73. The third-order valence-corrected chi connectivity index (χ3v) is 4.07. The molecule has 0 bridgehead atoms. The lowest BCUT2D eigenvalue weighted by atomic mass is 10.1. The molecule has 0 aliphatic rings. The number of rotatable bonds is 5. The van der Waals surface area contributed by atoms with Crippen molar-refractivity contribution in [3.63, 3.8) is 0 Å². The summed E-state index contributed by atoms with van der Waals surface area (Å²) in [5.74, 6) is 0.227. The van der Waals surface area contributed by atoms with Gasteiger partial charge >= 0.3 is 0 Å². The quantitative estimate of drug-likeness (QED) is 0.546. The molecule has 25 heavy (non-hydrogen) atoms. The van der Waals surface area contributed by atoms with Gasteiger partial charge in [0.25, 0.3) is 0 Å². The van der Waals surface area contributed by atoms with E-state index in [9.17, 15) is 8.78 Å². The molecule has 2 aromatic heterocycles. The number of alkyl halides is 1. The number of hydrogen-bond donors (Lipinski definition) is 1. The largest absolute Gasteiger partial charge is 0.383 e. The van der Waals surface area contributed by atoms with Gasteiger partial charge in [-0.1, -0.05) is 12.1 Å². The van der Waals surface area contributed by atoms with Gasteiger partial charge in [0.15, 0.2) is 0 Å². The summed E-state index contributed by atoms with van der Waals surface area (Å²) in [4.78, 5) is 9.11. The Hall–Kier alpha value is -3.02. The molecule has 0 aliphatic carbocycles. The van der Waals surface area contributed by atoms with Gasteiger partial charge in [0.2, 0.25) is 5.78 Å². The minimum atomic E-state index is -0.431. The molecule has 0 spiro atoms. The predicted octanol–water partition coefficient (Wildman–Crippen LogP) is 4.46. The van der Waals surface area contributed by atoms with Crippen molar-refractivity contribution in [2.45, 2.75) is 6.42 Å². The Labute approximate surface area is 143 Å². The predicted molar refractivity (Wildman–Crippen MR) is 95.0 cm³/mol. The van der Waals surface area contributed by atoms with E-state index in [4.69, 9.17) is 0 Å². The summed E-state index contributed by atoms with van der Waals surface area (Å²) >= 11 is 0. The van der Waals surface area contributed by atoms with Crippen molar-refractivity contribution < 1.29 is 8.78 Å². The van der Waals surface area contributed by atoms with Crippen LogP contribution in [0.5, 0.6) is 0 Å². The van der Waals surface area contributed by atoms with Crippen LogP contribution >= 0.6 is 0 Å². The maximum absolute atomic E-state index is 13.9. The van der Waals surface area contributed by atoms with E-state index >= 15 is 0 Å². The van der Waals surface area contributed by atoms with Crippen molar-refractivity contribution in [1.82, 2.24) is 14.4 Å². The summed E-state index contributed by atoms with van der Waals surface area (Å²) in [7, 11) is 0. The van der Waals surface area contributed by atoms with E-state index in [0.29, 0.717) is 30.1 Å². The first-order valence-electron chi connectivity index (χ1n) is 8.10. The molecule has 126 valence electrons. The van der Waals surface area contributed by atoms with E-state index in [-0.39, 0.29) is 5.82 Å². The number of para-hydroxylation sites is 2. The molecule has 0 atom stereocenters. The molecule has 4 nitrogen and oxygen atoms in total. The van der Waals surface area contributed by atoms with Gasteiger partial charge in [0.05, 0.1) is 29.1 Å². The highest BCUT2D eigenvalue weighted by Gasteiger charge is 2.09. The lowest BCUT2D eigenvalue weighted by molar-refractivity contribution is 0.480. The molecule has 0 aliphatic heterocycles. The van der Waals surface area contributed by atoms with E-state index in [0.717, 1.165) is 16.6 Å². The average Bonchev–Trinajstić information content (AvgIpc) is 3.01. The number of hydrogen-bond acceptors (Lipinski definition) is 3. The van der Waals surface area contributed by atoms with Crippen LogP contribution < -0.4 is 5.32 Å². The highest BCUT2D eigenvalue weighted by atomic mass is 19.1. The number of anilines is 1. The molecule has 0 saturated heterocycles. The van der Waals surface area contributed by atoms with Gasteiger partial charge in [0, 0.05) is 18.3 Å². The topological polar surface area (TPSA) is 42.2 Å². The molecule has 2 aromatic carbocycles. The number of nitrogens with zero attached hydrogens (tertiary/aromatic N) is 3. The zero-order valence-electron chi connectivity index (χ0n) is 13.4. The lowest BCUT2D eigenvalue weighted by Gasteiger charge is -2.09. The van der Waals surface area contributed by atoms with Crippen LogP contribution in [0.25, 0.3) is 28.1 Å². The fraction of sp³-hybridized carbons (Fsp3) is 0.158. The number of fused-ring (bicyclic) bond motifs is 3. The minimum absolute atomic E-state index is 0.342. The Morgan fingerprint density at radius 2 is 1.92 bits per heavy atom. The highest BCUT2D eigenvalue weighted by molar-refractivity contribution is 5.80. The average molecular weight is 338 g/mol. The maximum atomic E-state index is 13.9. The Kier molecular flexibility index (Phi) is 4.01. The van der Waals surface area contributed by atoms with E-state index in [1.165, 1.54) is 6.07 Å². The summed E-state index contributed by atoms with van der Waals surface area (Å²) in [6.45, 7) is -0.0467. The van der Waals surface area contributed by atoms with Crippen molar-refractivity contribution in [3.8, 4) is 11.3 Å².